The van der Waals surface area contributed by atoms with Crippen molar-refractivity contribution in [1.82, 2.24) is 0 Å². The predicted octanol–water partition coefficient (Wildman–Crippen LogP) is 2.71. The molecule has 0 rings (SSSR count). The van der Waals surface area contributed by atoms with E-state index in [2.05, 4.69) is 22.9 Å². The van der Waals surface area contributed by atoms with E-state index in [0.29, 0.717) is 0 Å². The topological polar surface area (TPSA) is 9.23 Å². The van der Waals surface area contributed by atoms with Crippen molar-refractivity contribution in [3.63, 3.8) is 0 Å². The molecule has 0 aromatic heterocycles. The Morgan fingerprint density at radius 1 is 1.67 bits per heavy atom. The highest BCUT2D eigenvalue weighted by Gasteiger charge is 1.80. The minimum atomic E-state index is 0.727. The summed E-state index contributed by atoms with van der Waals surface area (Å²) in [6.07, 6.45) is 3.10. The van der Waals surface area contributed by atoms with Crippen molar-refractivity contribution in [2.45, 2.75) is 20.3 Å². The van der Waals surface area contributed by atoms with Gasteiger partial charge in [0, 0.05) is 6.61 Å². The van der Waals surface area contributed by atoms with Crippen molar-refractivity contribution < 1.29 is 4.74 Å². The second kappa shape index (κ2) is 6.30. The summed E-state index contributed by atoms with van der Waals surface area (Å²) in [4.78, 5) is 0. The zero-order valence-corrected chi connectivity index (χ0v) is 7.57. The van der Waals surface area contributed by atoms with E-state index in [1.807, 2.05) is 13.0 Å². The monoisotopic (exact) mass is 192 g/mol. The molecular formula is C7H13BrO. The Morgan fingerprint density at radius 2 is 2.33 bits per heavy atom. The fourth-order valence-electron chi connectivity index (χ4n) is 0.401. The summed E-state index contributed by atoms with van der Waals surface area (Å²) in [6.45, 7) is 5.68. The van der Waals surface area contributed by atoms with E-state index in [9.17, 15) is 0 Å². The highest BCUT2D eigenvalue weighted by Crippen LogP contribution is 2.00. The van der Waals surface area contributed by atoms with Crippen LogP contribution in [-0.4, -0.2) is 13.2 Å². The van der Waals surface area contributed by atoms with Crippen molar-refractivity contribution in [3.8, 4) is 0 Å². The van der Waals surface area contributed by atoms with Crippen LogP contribution in [0.1, 0.15) is 20.3 Å². The number of hydrogen-bond donors (Lipinski definition) is 0. The molecule has 0 radical (unpaired) electrons. The van der Waals surface area contributed by atoms with E-state index >= 15 is 0 Å². The van der Waals surface area contributed by atoms with E-state index in [1.165, 1.54) is 0 Å². The third-order valence-electron chi connectivity index (χ3n) is 0.831. The van der Waals surface area contributed by atoms with Gasteiger partial charge in [0.15, 0.2) is 0 Å². The Labute approximate surface area is 65.2 Å². The molecule has 54 valence electrons. The van der Waals surface area contributed by atoms with Gasteiger partial charge in [0.1, 0.15) is 0 Å². The highest BCUT2D eigenvalue weighted by atomic mass is 79.9. The van der Waals surface area contributed by atoms with Crippen LogP contribution in [0.3, 0.4) is 0 Å². The molecule has 0 heterocycles. The Morgan fingerprint density at radius 3 is 2.78 bits per heavy atom. The smallest absolute Gasteiger partial charge is 0.0658 e. The highest BCUT2D eigenvalue weighted by molar-refractivity contribution is 9.11. The lowest BCUT2D eigenvalue weighted by Gasteiger charge is -1.95. The fraction of sp³-hybridized carbons (Fsp3) is 0.714. The van der Waals surface area contributed by atoms with Gasteiger partial charge in [-0.3, -0.25) is 0 Å². The number of ether oxygens (including phenoxy) is 1. The van der Waals surface area contributed by atoms with Crippen molar-refractivity contribution in [3.05, 3.63) is 10.6 Å². The number of halogens is 1. The lowest BCUT2D eigenvalue weighted by molar-refractivity contribution is 0.163. The van der Waals surface area contributed by atoms with Crippen LogP contribution in [0.15, 0.2) is 10.6 Å². The van der Waals surface area contributed by atoms with E-state index < -0.39 is 0 Å². The summed E-state index contributed by atoms with van der Waals surface area (Å²) in [5.74, 6) is 0. The molecule has 0 saturated carbocycles. The standard InChI is InChI=1S/C7H13BrO/c1-3-5-9-6-4-7(2)8/h4H,3,5-6H2,1-2H3. The first-order valence-electron chi connectivity index (χ1n) is 3.17. The largest absolute Gasteiger partial charge is 0.377 e. The molecule has 0 aliphatic carbocycles. The van der Waals surface area contributed by atoms with E-state index in [4.69, 9.17) is 4.74 Å². The van der Waals surface area contributed by atoms with E-state index in [0.717, 1.165) is 24.1 Å². The maximum absolute atomic E-state index is 5.19. The van der Waals surface area contributed by atoms with Crippen LogP contribution in [0.25, 0.3) is 0 Å². The molecular weight excluding hydrogens is 180 g/mol. The van der Waals surface area contributed by atoms with Crippen LogP contribution in [0.2, 0.25) is 0 Å². The van der Waals surface area contributed by atoms with Crippen LogP contribution < -0.4 is 0 Å². The van der Waals surface area contributed by atoms with Gasteiger partial charge in [-0.15, -0.1) is 0 Å². The average molecular weight is 193 g/mol. The summed E-state index contributed by atoms with van der Waals surface area (Å²) in [5.41, 5.74) is 0. The van der Waals surface area contributed by atoms with Crippen LogP contribution in [-0.2, 0) is 4.74 Å². The molecule has 0 aromatic rings. The lowest BCUT2D eigenvalue weighted by atomic mass is 10.5. The van der Waals surface area contributed by atoms with Gasteiger partial charge < -0.3 is 4.74 Å². The maximum Gasteiger partial charge on any atom is 0.0658 e. The Kier molecular flexibility index (Phi) is 6.43. The molecule has 0 unspecified atom stereocenters. The summed E-state index contributed by atoms with van der Waals surface area (Å²) in [7, 11) is 0. The number of rotatable bonds is 4. The second-order valence-electron chi connectivity index (χ2n) is 1.87. The number of allylic oxidation sites excluding steroid dienone is 1. The normalized spacial score (nSPS) is 12.1. The fourth-order valence-corrected chi connectivity index (χ4v) is 0.534. The zero-order chi connectivity index (χ0) is 7.11. The Balaban J connectivity index is 3.00. The van der Waals surface area contributed by atoms with Gasteiger partial charge in [-0.2, -0.15) is 0 Å². The van der Waals surface area contributed by atoms with Gasteiger partial charge in [0.25, 0.3) is 0 Å². The first-order chi connectivity index (χ1) is 4.27. The van der Waals surface area contributed by atoms with Gasteiger partial charge in [-0.1, -0.05) is 22.9 Å². The van der Waals surface area contributed by atoms with Gasteiger partial charge in [-0.25, -0.2) is 0 Å². The first kappa shape index (κ1) is 9.18. The lowest BCUT2D eigenvalue weighted by Crippen LogP contribution is -1.91. The molecule has 0 saturated heterocycles. The molecule has 0 aliphatic rings. The van der Waals surface area contributed by atoms with Crippen LogP contribution in [0.4, 0.5) is 0 Å². The van der Waals surface area contributed by atoms with Crippen molar-refractivity contribution in [2.24, 2.45) is 0 Å². The number of hydrogen-bond acceptors (Lipinski definition) is 1. The molecule has 0 N–H and O–H groups in total. The van der Waals surface area contributed by atoms with E-state index in [-0.39, 0.29) is 0 Å². The quantitative estimate of drug-likeness (QED) is 0.623. The average Bonchev–Trinajstić information content (AvgIpc) is 1.80. The minimum Gasteiger partial charge on any atom is -0.377 e. The predicted molar refractivity (Wildman–Crippen MR) is 43.8 cm³/mol. The van der Waals surface area contributed by atoms with Crippen LogP contribution >= 0.6 is 15.9 Å². The van der Waals surface area contributed by atoms with Crippen LogP contribution in [0.5, 0.6) is 0 Å². The van der Waals surface area contributed by atoms with E-state index in [1.54, 1.807) is 0 Å². The third-order valence-corrected chi connectivity index (χ3v) is 1.15. The third kappa shape index (κ3) is 8.18. The summed E-state index contributed by atoms with van der Waals surface area (Å²) >= 11 is 3.31. The molecule has 0 aliphatic heterocycles. The molecule has 0 spiro atoms. The maximum atomic E-state index is 5.19. The SMILES string of the molecule is CCCOCC=C(C)Br. The zero-order valence-electron chi connectivity index (χ0n) is 5.98. The van der Waals surface area contributed by atoms with Crippen molar-refractivity contribution in [2.75, 3.05) is 13.2 Å². The van der Waals surface area contributed by atoms with Gasteiger partial charge in [0.2, 0.25) is 0 Å². The summed E-state index contributed by atoms with van der Waals surface area (Å²) < 4.78 is 6.32. The van der Waals surface area contributed by atoms with Gasteiger partial charge in [0.05, 0.1) is 6.61 Å². The molecule has 0 atom stereocenters. The molecule has 0 fully saturated rings. The Hall–Kier alpha value is 0.180. The van der Waals surface area contributed by atoms with Crippen molar-refractivity contribution in [1.29, 1.82) is 0 Å². The summed E-state index contributed by atoms with van der Waals surface area (Å²) in [6, 6.07) is 0. The first-order valence-corrected chi connectivity index (χ1v) is 3.96. The Bertz CT molecular complexity index is 84.9. The minimum absolute atomic E-state index is 0.727. The van der Waals surface area contributed by atoms with Crippen molar-refractivity contribution >= 4 is 15.9 Å². The van der Waals surface area contributed by atoms with Gasteiger partial charge >= 0.3 is 0 Å². The van der Waals surface area contributed by atoms with Crippen LogP contribution in [0, 0.1) is 0 Å². The molecule has 0 aromatic carbocycles. The molecule has 9 heavy (non-hydrogen) atoms. The summed E-state index contributed by atoms with van der Waals surface area (Å²) in [5, 5.41) is 0. The molecule has 2 heteroatoms. The second-order valence-corrected chi connectivity index (χ2v) is 3.12. The van der Waals surface area contributed by atoms with Gasteiger partial charge in [-0.05, 0) is 23.9 Å². The molecule has 1 nitrogen and oxygen atoms in total. The molecule has 0 bridgehead atoms. The molecule has 0 amide bonds.